The quantitative estimate of drug-likeness (QED) is 0.601. The van der Waals surface area contributed by atoms with E-state index < -0.39 is 17.9 Å². The fourth-order valence-electron chi connectivity index (χ4n) is 2.42. The van der Waals surface area contributed by atoms with Gasteiger partial charge in [0.25, 0.3) is 0 Å². The van der Waals surface area contributed by atoms with Gasteiger partial charge in [-0.1, -0.05) is 40.9 Å². The summed E-state index contributed by atoms with van der Waals surface area (Å²) in [5.41, 5.74) is 0.521. The highest BCUT2D eigenvalue weighted by atomic mass is 35.5. The largest absolute Gasteiger partial charge is 0.476 e. The van der Waals surface area contributed by atoms with Crippen molar-refractivity contribution in [2.24, 2.45) is 0 Å². The number of carbonyl (C=O) groups is 2. The molecule has 0 aliphatic carbocycles. The molecule has 0 saturated heterocycles. The molecule has 1 amide bonds. The maximum Gasteiger partial charge on any atom is 0.356 e. The van der Waals surface area contributed by atoms with Gasteiger partial charge in [-0.15, -0.1) is 0 Å². The highest BCUT2D eigenvalue weighted by Crippen LogP contribution is 2.27. The van der Waals surface area contributed by atoms with Crippen LogP contribution < -0.4 is 5.32 Å². The Hall–Kier alpha value is -2.55. The third kappa shape index (κ3) is 4.30. The second-order valence-electron chi connectivity index (χ2n) is 5.87. The summed E-state index contributed by atoms with van der Waals surface area (Å²) in [6.07, 6.45) is 2.95. The summed E-state index contributed by atoms with van der Waals surface area (Å²) >= 11 is 18.5. The second kappa shape index (κ2) is 8.22. The van der Waals surface area contributed by atoms with E-state index in [4.69, 9.17) is 39.9 Å². The van der Waals surface area contributed by atoms with Gasteiger partial charge in [0.1, 0.15) is 11.1 Å². The fraction of sp³-hybridized carbons (Fsp3) is 0.176. The van der Waals surface area contributed by atoms with Crippen molar-refractivity contribution < 1.29 is 14.7 Å². The molecule has 2 aromatic heterocycles. The normalized spacial score (nSPS) is 12.0. The van der Waals surface area contributed by atoms with Crippen molar-refractivity contribution in [3.05, 3.63) is 63.0 Å². The van der Waals surface area contributed by atoms with Gasteiger partial charge in [0.2, 0.25) is 5.91 Å². The number of aromatic carboxylic acids is 1. The molecular formula is C17H14Cl3N5O3. The average molecular weight is 443 g/mol. The Morgan fingerprint density at radius 3 is 2.43 bits per heavy atom. The molecule has 1 aromatic carbocycles. The molecule has 0 fully saturated rings. The van der Waals surface area contributed by atoms with Gasteiger partial charge >= 0.3 is 5.97 Å². The number of carboxylic acid groups (broad SMARTS) is 1. The molecular weight excluding hydrogens is 429 g/mol. The molecule has 0 aliphatic rings. The first-order chi connectivity index (χ1) is 13.3. The van der Waals surface area contributed by atoms with Crippen LogP contribution in [0.3, 0.4) is 0 Å². The average Bonchev–Trinajstić information content (AvgIpc) is 3.25. The number of nitrogens with one attached hydrogen (secondary N) is 1. The highest BCUT2D eigenvalue weighted by Gasteiger charge is 2.20. The first kappa shape index (κ1) is 20.2. The topological polar surface area (TPSA) is 102 Å². The lowest BCUT2D eigenvalue weighted by atomic mass is 10.2. The highest BCUT2D eigenvalue weighted by molar-refractivity contribution is 6.36. The van der Waals surface area contributed by atoms with Gasteiger partial charge in [0, 0.05) is 28.0 Å². The molecule has 0 saturated carbocycles. The van der Waals surface area contributed by atoms with Crippen LogP contribution in [-0.2, 0) is 11.3 Å². The molecule has 3 rings (SSSR count). The van der Waals surface area contributed by atoms with E-state index in [1.807, 2.05) is 0 Å². The van der Waals surface area contributed by atoms with Crippen molar-refractivity contribution in [3.8, 4) is 0 Å². The zero-order valence-corrected chi connectivity index (χ0v) is 16.7. The summed E-state index contributed by atoms with van der Waals surface area (Å²) in [7, 11) is 0. The van der Waals surface area contributed by atoms with E-state index in [-0.39, 0.29) is 23.1 Å². The predicted octanol–water partition coefficient (Wildman–Crippen LogP) is 3.99. The van der Waals surface area contributed by atoms with Gasteiger partial charge < -0.3 is 10.4 Å². The van der Waals surface area contributed by atoms with E-state index in [9.17, 15) is 9.59 Å². The summed E-state index contributed by atoms with van der Waals surface area (Å²) in [4.78, 5) is 23.4. The van der Waals surface area contributed by atoms with E-state index in [1.165, 1.54) is 27.8 Å². The molecule has 146 valence electrons. The number of hydrogen-bond donors (Lipinski definition) is 2. The van der Waals surface area contributed by atoms with Crippen molar-refractivity contribution in [2.45, 2.75) is 19.5 Å². The minimum absolute atomic E-state index is 0.154. The lowest BCUT2D eigenvalue weighted by Crippen LogP contribution is -2.24. The summed E-state index contributed by atoms with van der Waals surface area (Å²) in [5, 5.41) is 20.8. The zero-order chi connectivity index (χ0) is 20.4. The minimum atomic E-state index is -1.17. The van der Waals surface area contributed by atoms with Crippen molar-refractivity contribution in [2.75, 3.05) is 5.32 Å². The Bertz CT molecular complexity index is 1030. The maximum atomic E-state index is 12.5. The maximum absolute atomic E-state index is 12.5. The van der Waals surface area contributed by atoms with E-state index in [0.717, 1.165) is 0 Å². The minimum Gasteiger partial charge on any atom is -0.476 e. The van der Waals surface area contributed by atoms with Crippen LogP contribution in [0.2, 0.25) is 15.1 Å². The Balaban J connectivity index is 1.74. The van der Waals surface area contributed by atoms with E-state index in [2.05, 4.69) is 15.5 Å². The van der Waals surface area contributed by atoms with Crippen LogP contribution >= 0.6 is 34.8 Å². The summed E-state index contributed by atoms with van der Waals surface area (Å²) in [6.45, 7) is 1.84. The van der Waals surface area contributed by atoms with Gasteiger partial charge in [-0.05, 0) is 25.1 Å². The third-order valence-corrected chi connectivity index (χ3v) is 4.93. The van der Waals surface area contributed by atoms with Crippen molar-refractivity contribution in [1.29, 1.82) is 0 Å². The Labute approximate surface area is 174 Å². The molecule has 3 aromatic rings. The monoisotopic (exact) mass is 441 g/mol. The van der Waals surface area contributed by atoms with Gasteiger partial charge in [0.15, 0.2) is 11.5 Å². The molecule has 0 aliphatic heterocycles. The molecule has 11 heteroatoms. The molecule has 0 radical (unpaired) electrons. The fourth-order valence-corrected chi connectivity index (χ4v) is 3.13. The Morgan fingerprint density at radius 1 is 1.14 bits per heavy atom. The number of halogens is 3. The number of aromatic nitrogens is 4. The molecule has 0 spiro atoms. The number of carboxylic acids is 1. The first-order valence-electron chi connectivity index (χ1n) is 8.01. The summed E-state index contributed by atoms with van der Waals surface area (Å²) in [5.74, 6) is -1.47. The van der Waals surface area contributed by atoms with Crippen LogP contribution in [0.5, 0.6) is 0 Å². The number of rotatable bonds is 6. The SMILES string of the molecule is CC(C(=O)Nc1nn(Cc2c(Cl)cccc2Cl)cc1Cl)n1ccc(C(=O)O)n1. The standard InChI is InChI=1S/C17H14Cl3N5O3/c1-9(25-6-5-14(22-25)17(27)28)16(26)21-15-13(20)8-24(23-15)7-10-11(18)3-2-4-12(10)19/h2-6,8-9H,7H2,1H3,(H,27,28)(H,21,23,26). The van der Waals surface area contributed by atoms with Crippen molar-refractivity contribution >= 4 is 52.5 Å². The smallest absolute Gasteiger partial charge is 0.356 e. The number of hydrogen-bond acceptors (Lipinski definition) is 4. The van der Waals surface area contributed by atoms with E-state index >= 15 is 0 Å². The molecule has 1 atom stereocenters. The molecule has 2 N–H and O–H groups in total. The molecule has 0 bridgehead atoms. The molecule has 28 heavy (non-hydrogen) atoms. The lowest BCUT2D eigenvalue weighted by molar-refractivity contribution is -0.119. The number of carbonyl (C=O) groups excluding carboxylic acids is 1. The van der Waals surface area contributed by atoms with Gasteiger partial charge in [-0.2, -0.15) is 10.2 Å². The van der Waals surface area contributed by atoms with Crippen LogP contribution in [0.1, 0.15) is 29.0 Å². The molecule has 8 nitrogen and oxygen atoms in total. The van der Waals surface area contributed by atoms with Crippen LogP contribution in [0.4, 0.5) is 5.82 Å². The third-order valence-electron chi connectivity index (χ3n) is 3.94. The van der Waals surface area contributed by atoms with Crippen molar-refractivity contribution in [3.63, 3.8) is 0 Å². The summed E-state index contributed by atoms with van der Waals surface area (Å²) < 4.78 is 2.75. The van der Waals surface area contributed by atoms with Crippen LogP contribution in [0, 0.1) is 0 Å². The number of anilines is 1. The zero-order valence-electron chi connectivity index (χ0n) is 14.4. The molecule has 2 heterocycles. The Kier molecular flexibility index (Phi) is 5.93. The lowest BCUT2D eigenvalue weighted by Gasteiger charge is -2.11. The summed E-state index contributed by atoms with van der Waals surface area (Å²) in [6, 6.07) is 5.71. The predicted molar refractivity (Wildman–Crippen MR) is 105 cm³/mol. The Morgan fingerprint density at radius 2 is 1.82 bits per heavy atom. The van der Waals surface area contributed by atoms with Crippen LogP contribution in [0.15, 0.2) is 36.7 Å². The van der Waals surface area contributed by atoms with Gasteiger partial charge in [-0.3, -0.25) is 14.2 Å². The van der Waals surface area contributed by atoms with E-state index in [0.29, 0.717) is 15.6 Å². The van der Waals surface area contributed by atoms with E-state index in [1.54, 1.807) is 25.1 Å². The number of amides is 1. The second-order valence-corrected chi connectivity index (χ2v) is 7.10. The van der Waals surface area contributed by atoms with Crippen LogP contribution in [-0.4, -0.2) is 36.5 Å². The van der Waals surface area contributed by atoms with Gasteiger partial charge in [0.05, 0.1) is 6.54 Å². The van der Waals surface area contributed by atoms with Crippen LogP contribution in [0.25, 0.3) is 0 Å². The first-order valence-corrected chi connectivity index (χ1v) is 9.15. The number of nitrogens with zero attached hydrogens (tertiary/aromatic N) is 4. The van der Waals surface area contributed by atoms with Crippen molar-refractivity contribution in [1.82, 2.24) is 19.6 Å². The van der Waals surface area contributed by atoms with Gasteiger partial charge in [-0.25, -0.2) is 4.79 Å². The number of benzene rings is 1. The molecule has 1 unspecified atom stereocenters.